The number of nitrogens with one attached hydrogen (secondary N) is 1. The van der Waals surface area contributed by atoms with Crippen molar-refractivity contribution in [1.82, 2.24) is 4.90 Å². The Balaban J connectivity index is 2.87. The number of anilines is 1. The molecule has 16 heavy (non-hydrogen) atoms. The fraction of sp³-hybridized carbons (Fsp3) is 0.273. The molecule has 86 valence electrons. The predicted molar refractivity (Wildman–Crippen MR) is 63.1 cm³/mol. The summed E-state index contributed by atoms with van der Waals surface area (Å²) >= 11 is 0. The van der Waals surface area contributed by atoms with Crippen LogP contribution in [0.1, 0.15) is 12.5 Å². The number of hydrogen-bond donors (Lipinski definition) is 2. The van der Waals surface area contributed by atoms with E-state index in [1.165, 1.54) is 4.90 Å². The molecule has 5 heteroatoms. The van der Waals surface area contributed by atoms with Crippen molar-refractivity contribution < 1.29 is 10.0 Å². The molecule has 0 fully saturated rings. The highest BCUT2D eigenvalue weighted by molar-refractivity contribution is 6.00. The molecule has 0 aliphatic carbocycles. The van der Waals surface area contributed by atoms with Crippen molar-refractivity contribution in [3.63, 3.8) is 0 Å². The lowest BCUT2D eigenvalue weighted by Gasteiger charge is -2.12. The first-order chi connectivity index (χ1) is 7.54. The molecule has 0 aliphatic heterocycles. The van der Waals surface area contributed by atoms with E-state index >= 15 is 0 Å². The number of rotatable bonds is 2. The summed E-state index contributed by atoms with van der Waals surface area (Å²) in [5, 5.41) is 14.5. The van der Waals surface area contributed by atoms with Crippen molar-refractivity contribution in [2.45, 2.75) is 6.92 Å². The first-order valence-corrected chi connectivity index (χ1v) is 4.82. The third-order valence-corrected chi connectivity index (χ3v) is 2.09. The van der Waals surface area contributed by atoms with Crippen LogP contribution in [0, 0.1) is 0 Å². The summed E-state index contributed by atoms with van der Waals surface area (Å²) in [5.41, 5.74) is 1.93. The van der Waals surface area contributed by atoms with Crippen LogP contribution in [0.2, 0.25) is 0 Å². The summed E-state index contributed by atoms with van der Waals surface area (Å²) < 4.78 is 0. The Kier molecular flexibility index (Phi) is 3.88. The predicted octanol–water partition coefficient (Wildman–Crippen LogP) is 1.98. The molecule has 0 atom stereocenters. The maximum atomic E-state index is 11.4. The van der Waals surface area contributed by atoms with Gasteiger partial charge in [0.2, 0.25) is 0 Å². The smallest absolute Gasteiger partial charge is 0.321 e. The van der Waals surface area contributed by atoms with Gasteiger partial charge in [0.15, 0.2) is 0 Å². The molecule has 0 saturated heterocycles. The SMILES string of the molecule is CC(=NO)c1cccc(NC(=O)N(C)C)c1. The minimum absolute atomic E-state index is 0.198. The van der Waals surface area contributed by atoms with Gasteiger partial charge in [0, 0.05) is 25.3 Å². The standard InChI is InChI=1S/C11H15N3O2/c1-8(13-16)9-5-4-6-10(7-9)12-11(15)14(2)3/h4-7,16H,1-3H3,(H,12,15). The molecule has 0 bridgehead atoms. The second-order valence-corrected chi connectivity index (χ2v) is 3.59. The zero-order valence-corrected chi connectivity index (χ0v) is 9.56. The van der Waals surface area contributed by atoms with E-state index in [0.29, 0.717) is 11.4 Å². The number of hydrogen-bond acceptors (Lipinski definition) is 3. The van der Waals surface area contributed by atoms with E-state index in [1.54, 1.807) is 45.3 Å². The van der Waals surface area contributed by atoms with Gasteiger partial charge in [-0.25, -0.2) is 4.79 Å². The van der Waals surface area contributed by atoms with E-state index < -0.39 is 0 Å². The quantitative estimate of drug-likeness (QED) is 0.455. The third-order valence-electron chi connectivity index (χ3n) is 2.09. The van der Waals surface area contributed by atoms with Crippen LogP contribution in [0.5, 0.6) is 0 Å². The van der Waals surface area contributed by atoms with E-state index in [4.69, 9.17) is 5.21 Å². The fourth-order valence-electron chi connectivity index (χ4n) is 1.12. The Morgan fingerprint density at radius 3 is 2.69 bits per heavy atom. The number of amides is 2. The largest absolute Gasteiger partial charge is 0.411 e. The van der Waals surface area contributed by atoms with Gasteiger partial charge in [0.05, 0.1) is 5.71 Å². The lowest BCUT2D eigenvalue weighted by molar-refractivity contribution is 0.230. The van der Waals surface area contributed by atoms with E-state index in [0.717, 1.165) is 5.56 Å². The van der Waals surface area contributed by atoms with Crippen molar-refractivity contribution in [3.8, 4) is 0 Å². The zero-order chi connectivity index (χ0) is 12.1. The van der Waals surface area contributed by atoms with Gasteiger partial charge in [0.1, 0.15) is 0 Å². The van der Waals surface area contributed by atoms with E-state index in [9.17, 15) is 4.79 Å². The summed E-state index contributed by atoms with van der Waals surface area (Å²) in [7, 11) is 3.33. The van der Waals surface area contributed by atoms with Crippen molar-refractivity contribution >= 4 is 17.4 Å². The van der Waals surface area contributed by atoms with Crippen molar-refractivity contribution in [1.29, 1.82) is 0 Å². The van der Waals surface area contributed by atoms with Crippen molar-refractivity contribution in [2.24, 2.45) is 5.16 Å². The summed E-state index contributed by atoms with van der Waals surface area (Å²) in [6, 6.07) is 6.91. The molecular weight excluding hydrogens is 206 g/mol. The Hall–Kier alpha value is -2.04. The van der Waals surface area contributed by atoms with Crippen LogP contribution in [0.4, 0.5) is 10.5 Å². The Bertz CT molecular complexity index is 413. The van der Waals surface area contributed by atoms with Gasteiger partial charge in [0.25, 0.3) is 0 Å². The van der Waals surface area contributed by atoms with Crippen molar-refractivity contribution in [2.75, 3.05) is 19.4 Å². The molecule has 0 radical (unpaired) electrons. The Morgan fingerprint density at radius 2 is 2.12 bits per heavy atom. The summed E-state index contributed by atoms with van der Waals surface area (Å²) in [6.45, 7) is 1.69. The zero-order valence-electron chi connectivity index (χ0n) is 9.56. The topological polar surface area (TPSA) is 64.9 Å². The maximum absolute atomic E-state index is 11.4. The molecule has 5 nitrogen and oxygen atoms in total. The van der Waals surface area contributed by atoms with Gasteiger partial charge in [-0.15, -0.1) is 0 Å². The normalized spacial score (nSPS) is 11.1. The number of benzene rings is 1. The molecule has 0 heterocycles. The van der Waals surface area contributed by atoms with Gasteiger partial charge >= 0.3 is 6.03 Å². The van der Waals surface area contributed by atoms with Gasteiger partial charge in [-0.05, 0) is 19.1 Å². The van der Waals surface area contributed by atoms with Crippen molar-refractivity contribution in [3.05, 3.63) is 29.8 Å². The summed E-state index contributed by atoms with van der Waals surface area (Å²) in [4.78, 5) is 12.8. The molecule has 0 aliphatic rings. The fourth-order valence-corrected chi connectivity index (χ4v) is 1.12. The van der Waals surface area contributed by atoms with Crippen LogP contribution in [-0.2, 0) is 0 Å². The summed E-state index contributed by atoms with van der Waals surface area (Å²) in [5.74, 6) is 0. The highest BCUT2D eigenvalue weighted by Gasteiger charge is 2.05. The average Bonchev–Trinajstić information content (AvgIpc) is 2.28. The molecule has 2 amide bonds. The number of nitrogens with zero attached hydrogens (tertiary/aromatic N) is 2. The van der Waals surface area contributed by atoms with E-state index in [2.05, 4.69) is 10.5 Å². The molecule has 0 spiro atoms. The first kappa shape index (κ1) is 12.0. The van der Waals surface area contributed by atoms with Crippen LogP contribution >= 0.6 is 0 Å². The van der Waals surface area contributed by atoms with Crippen LogP contribution in [0.15, 0.2) is 29.4 Å². The molecule has 0 saturated carbocycles. The highest BCUT2D eigenvalue weighted by atomic mass is 16.4. The lowest BCUT2D eigenvalue weighted by atomic mass is 10.1. The van der Waals surface area contributed by atoms with E-state index in [1.807, 2.05) is 0 Å². The van der Waals surface area contributed by atoms with Gasteiger partial charge in [-0.1, -0.05) is 17.3 Å². The minimum atomic E-state index is -0.198. The number of carbonyl (C=O) groups excluding carboxylic acids is 1. The molecule has 0 aromatic heterocycles. The second-order valence-electron chi connectivity index (χ2n) is 3.59. The lowest BCUT2D eigenvalue weighted by Crippen LogP contribution is -2.27. The van der Waals surface area contributed by atoms with Gasteiger partial charge in [-0.3, -0.25) is 0 Å². The first-order valence-electron chi connectivity index (χ1n) is 4.82. The molecule has 0 unspecified atom stereocenters. The highest BCUT2D eigenvalue weighted by Crippen LogP contribution is 2.11. The van der Waals surface area contributed by atoms with Crippen LogP contribution in [-0.4, -0.2) is 35.9 Å². The third kappa shape index (κ3) is 2.98. The van der Waals surface area contributed by atoms with Crippen LogP contribution in [0.25, 0.3) is 0 Å². The number of carbonyl (C=O) groups is 1. The monoisotopic (exact) mass is 221 g/mol. The average molecular weight is 221 g/mol. The van der Waals surface area contributed by atoms with Gasteiger partial charge in [-0.2, -0.15) is 0 Å². The van der Waals surface area contributed by atoms with Crippen LogP contribution < -0.4 is 5.32 Å². The maximum Gasteiger partial charge on any atom is 0.321 e. The Morgan fingerprint density at radius 1 is 1.44 bits per heavy atom. The molecule has 1 rings (SSSR count). The molecular formula is C11H15N3O2. The molecule has 2 N–H and O–H groups in total. The van der Waals surface area contributed by atoms with Gasteiger partial charge < -0.3 is 15.4 Å². The van der Waals surface area contributed by atoms with E-state index in [-0.39, 0.29) is 6.03 Å². The molecule has 1 aromatic carbocycles. The summed E-state index contributed by atoms with van der Waals surface area (Å²) in [6.07, 6.45) is 0. The molecule has 1 aromatic rings. The number of urea groups is 1. The number of oxime groups is 1. The van der Waals surface area contributed by atoms with Crippen LogP contribution in [0.3, 0.4) is 0 Å². The Labute approximate surface area is 94.4 Å². The minimum Gasteiger partial charge on any atom is -0.411 e. The second kappa shape index (κ2) is 5.16.